The van der Waals surface area contributed by atoms with E-state index in [1.165, 1.54) is 0 Å². The molecule has 0 N–H and O–H groups in total. The van der Waals surface area contributed by atoms with Gasteiger partial charge in [-0.25, -0.2) is 0 Å². The average Bonchev–Trinajstić information content (AvgIpc) is 2.64. The Labute approximate surface area is 151 Å². The van der Waals surface area contributed by atoms with Gasteiger partial charge in [-0.2, -0.15) is 0 Å². The predicted molar refractivity (Wildman–Crippen MR) is 102 cm³/mol. The molecule has 25 heavy (non-hydrogen) atoms. The van der Waals surface area contributed by atoms with Gasteiger partial charge in [0.05, 0.1) is 0 Å². The normalized spacial score (nSPS) is 12.0. The number of carbonyl (C=O) groups excluding carboxylic acids is 1. The third kappa shape index (κ3) is 5.91. The minimum atomic E-state index is -0.627. The minimum Gasteiger partial charge on any atom is -0.476 e. The molecule has 0 saturated carbocycles. The van der Waals surface area contributed by atoms with Crippen molar-refractivity contribution in [3.63, 3.8) is 0 Å². The number of ether oxygens (including phenoxy) is 1. The molecule has 0 aliphatic carbocycles. The Morgan fingerprint density at radius 2 is 1.52 bits per heavy atom. The van der Waals surface area contributed by atoms with Gasteiger partial charge in [-0.3, -0.25) is 4.79 Å². The average molecular weight is 340 g/mol. The van der Waals surface area contributed by atoms with Crippen molar-refractivity contribution in [1.29, 1.82) is 0 Å². The molecule has 2 rings (SSSR count). The van der Waals surface area contributed by atoms with Crippen molar-refractivity contribution < 1.29 is 9.53 Å². The van der Waals surface area contributed by atoms with Crippen LogP contribution in [-0.2, 0) is 4.79 Å². The molecule has 1 atom stereocenters. The Morgan fingerprint density at radius 1 is 0.920 bits per heavy atom. The lowest BCUT2D eigenvalue weighted by atomic mass is 10.1. The van der Waals surface area contributed by atoms with E-state index in [-0.39, 0.29) is 5.91 Å². The minimum absolute atomic E-state index is 0.0127. The summed E-state index contributed by atoms with van der Waals surface area (Å²) in [7, 11) is 4.04. The van der Waals surface area contributed by atoms with E-state index in [1.54, 1.807) is 0 Å². The van der Waals surface area contributed by atoms with Crippen molar-refractivity contribution in [2.75, 3.05) is 33.7 Å². The number of nitrogens with zero attached hydrogens (tertiary/aromatic N) is 2. The maximum Gasteiger partial charge on any atom is 0.268 e. The van der Waals surface area contributed by atoms with E-state index in [2.05, 4.69) is 11.8 Å². The van der Waals surface area contributed by atoms with Gasteiger partial charge in [0.2, 0.25) is 6.10 Å². The van der Waals surface area contributed by atoms with Gasteiger partial charge in [0.15, 0.2) is 0 Å². The van der Waals surface area contributed by atoms with Crippen molar-refractivity contribution in [3.05, 3.63) is 66.2 Å². The van der Waals surface area contributed by atoms with Gasteiger partial charge in [-0.15, -0.1) is 0 Å². The highest BCUT2D eigenvalue weighted by Gasteiger charge is 2.27. The Balaban J connectivity index is 2.24. The van der Waals surface area contributed by atoms with Crippen LogP contribution in [0.5, 0.6) is 5.75 Å². The number of hydrogen-bond donors (Lipinski definition) is 0. The van der Waals surface area contributed by atoms with Gasteiger partial charge < -0.3 is 14.5 Å². The maximum absolute atomic E-state index is 13.2. The first-order valence-electron chi connectivity index (χ1n) is 8.82. The summed E-state index contributed by atoms with van der Waals surface area (Å²) >= 11 is 0. The summed E-state index contributed by atoms with van der Waals surface area (Å²) in [5, 5.41) is 0. The molecule has 4 heteroatoms. The van der Waals surface area contributed by atoms with E-state index in [0.29, 0.717) is 12.3 Å². The first-order chi connectivity index (χ1) is 12.1. The highest BCUT2D eigenvalue weighted by molar-refractivity contribution is 5.82. The largest absolute Gasteiger partial charge is 0.476 e. The van der Waals surface area contributed by atoms with E-state index in [4.69, 9.17) is 4.74 Å². The summed E-state index contributed by atoms with van der Waals surface area (Å²) in [5.41, 5.74) is 0.877. The standard InChI is InChI=1S/C21H28N2O2/c1-4-15-23(17-16-22(2)3)21(24)20(18-11-7-5-8-12-18)25-19-13-9-6-10-14-19/h5-14,20H,4,15-17H2,1-3H3/t20-/m0/s1. The quantitative estimate of drug-likeness (QED) is 0.699. The van der Waals surface area contributed by atoms with Crippen LogP contribution in [-0.4, -0.2) is 49.4 Å². The summed E-state index contributed by atoms with van der Waals surface area (Å²) in [6.07, 6.45) is 0.295. The smallest absolute Gasteiger partial charge is 0.268 e. The lowest BCUT2D eigenvalue weighted by molar-refractivity contribution is -0.139. The van der Waals surface area contributed by atoms with Gasteiger partial charge in [0.25, 0.3) is 5.91 Å². The third-order valence-electron chi connectivity index (χ3n) is 3.95. The lowest BCUT2D eigenvalue weighted by Gasteiger charge is -2.28. The lowest BCUT2D eigenvalue weighted by Crippen LogP contribution is -2.41. The van der Waals surface area contributed by atoms with E-state index in [1.807, 2.05) is 79.7 Å². The molecule has 0 aliphatic rings. The topological polar surface area (TPSA) is 32.8 Å². The van der Waals surface area contributed by atoms with Crippen molar-refractivity contribution in [2.24, 2.45) is 0 Å². The molecule has 0 spiro atoms. The zero-order chi connectivity index (χ0) is 18.1. The molecule has 0 fully saturated rings. The fraction of sp³-hybridized carbons (Fsp3) is 0.381. The molecule has 0 saturated heterocycles. The van der Waals surface area contributed by atoms with Crippen molar-refractivity contribution in [2.45, 2.75) is 19.4 Å². The van der Waals surface area contributed by atoms with Gasteiger partial charge in [0, 0.05) is 25.2 Å². The summed E-state index contributed by atoms with van der Waals surface area (Å²) in [4.78, 5) is 17.2. The SMILES string of the molecule is CCCN(CCN(C)C)C(=O)[C@@H](Oc1ccccc1)c1ccccc1. The van der Waals surface area contributed by atoms with Crippen molar-refractivity contribution in [3.8, 4) is 5.75 Å². The van der Waals surface area contributed by atoms with Crippen LogP contribution in [0.2, 0.25) is 0 Å². The number of rotatable bonds is 9. The van der Waals surface area contributed by atoms with Crippen LogP contribution in [0.4, 0.5) is 0 Å². The molecular weight excluding hydrogens is 312 g/mol. The molecule has 134 valence electrons. The first-order valence-corrected chi connectivity index (χ1v) is 8.82. The Bertz CT molecular complexity index is 629. The zero-order valence-corrected chi connectivity index (χ0v) is 15.4. The number of carbonyl (C=O) groups is 1. The second-order valence-corrected chi connectivity index (χ2v) is 6.35. The van der Waals surface area contributed by atoms with Gasteiger partial charge >= 0.3 is 0 Å². The monoisotopic (exact) mass is 340 g/mol. The fourth-order valence-corrected chi connectivity index (χ4v) is 2.61. The molecule has 4 nitrogen and oxygen atoms in total. The van der Waals surface area contributed by atoms with Gasteiger partial charge in [-0.05, 0) is 32.6 Å². The van der Waals surface area contributed by atoms with Gasteiger partial charge in [-0.1, -0.05) is 55.5 Å². The molecule has 0 aliphatic heterocycles. The van der Waals surface area contributed by atoms with Crippen LogP contribution in [0.3, 0.4) is 0 Å². The summed E-state index contributed by atoms with van der Waals surface area (Å²) in [6, 6.07) is 19.2. The van der Waals surface area contributed by atoms with Crippen LogP contribution < -0.4 is 4.74 Å². The van der Waals surface area contributed by atoms with Crippen LogP contribution in [0.15, 0.2) is 60.7 Å². The number of amides is 1. The Hall–Kier alpha value is -2.33. The molecule has 2 aromatic rings. The van der Waals surface area contributed by atoms with E-state index in [0.717, 1.165) is 25.1 Å². The number of para-hydroxylation sites is 1. The molecule has 0 unspecified atom stereocenters. The molecule has 1 amide bonds. The van der Waals surface area contributed by atoms with E-state index >= 15 is 0 Å². The molecule has 0 radical (unpaired) electrons. The molecule has 0 heterocycles. The van der Waals surface area contributed by atoms with Gasteiger partial charge in [0.1, 0.15) is 5.75 Å². The highest BCUT2D eigenvalue weighted by Crippen LogP contribution is 2.24. The van der Waals surface area contributed by atoms with E-state index < -0.39 is 6.10 Å². The Morgan fingerprint density at radius 3 is 2.08 bits per heavy atom. The maximum atomic E-state index is 13.2. The molecule has 2 aromatic carbocycles. The first kappa shape index (κ1) is 19.0. The molecule has 0 bridgehead atoms. The molecule has 0 aromatic heterocycles. The second kappa shape index (κ2) is 9.84. The van der Waals surface area contributed by atoms with Crippen LogP contribution in [0, 0.1) is 0 Å². The van der Waals surface area contributed by atoms with E-state index in [9.17, 15) is 4.79 Å². The van der Waals surface area contributed by atoms with Crippen LogP contribution in [0.1, 0.15) is 25.0 Å². The molecular formula is C21H28N2O2. The van der Waals surface area contributed by atoms with Crippen LogP contribution in [0.25, 0.3) is 0 Å². The summed E-state index contributed by atoms with van der Waals surface area (Å²) in [6.45, 7) is 4.35. The fourth-order valence-electron chi connectivity index (χ4n) is 2.61. The Kier molecular flexibility index (Phi) is 7.48. The summed E-state index contributed by atoms with van der Waals surface area (Å²) in [5.74, 6) is 0.715. The summed E-state index contributed by atoms with van der Waals surface area (Å²) < 4.78 is 6.09. The number of hydrogen-bond acceptors (Lipinski definition) is 3. The van der Waals surface area contributed by atoms with Crippen LogP contribution >= 0.6 is 0 Å². The van der Waals surface area contributed by atoms with Crippen molar-refractivity contribution >= 4 is 5.91 Å². The second-order valence-electron chi connectivity index (χ2n) is 6.35. The zero-order valence-electron chi connectivity index (χ0n) is 15.4. The predicted octanol–water partition coefficient (Wildman–Crippen LogP) is 3.61. The number of benzene rings is 2. The number of likely N-dealkylation sites (N-methyl/N-ethyl adjacent to an activating group) is 1. The highest BCUT2D eigenvalue weighted by atomic mass is 16.5. The van der Waals surface area contributed by atoms with Crippen molar-refractivity contribution in [1.82, 2.24) is 9.80 Å². The third-order valence-corrected chi connectivity index (χ3v) is 3.95.